The highest BCUT2D eigenvalue weighted by molar-refractivity contribution is 5.91. The first kappa shape index (κ1) is 14.6. The van der Waals surface area contributed by atoms with Gasteiger partial charge in [-0.1, -0.05) is 19.4 Å². The number of unbranched alkanes of at least 4 members (excludes halogenated alkanes) is 2. The first-order valence-electron chi connectivity index (χ1n) is 5.37. The van der Waals surface area contributed by atoms with Crippen molar-refractivity contribution < 1.29 is 14.7 Å². The molecule has 0 saturated carbocycles. The van der Waals surface area contributed by atoms with E-state index in [2.05, 4.69) is 11.9 Å². The fraction of sp³-hybridized carbons (Fsp3) is 0.636. The molecule has 4 N–H and O–H groups in total. The standard InChI is InChI=1S/C11H20N2O3/c1-8(2)10(14)13-7-5-3-4-6-9(12)11(15)16/h9H,1,3-7,12H2,2H3,(H,13,14)(H,15,16). The van der Waals surface area contributed by atoms with Crippen LogP contribution in [0.15, 0.2) is 12.2 Å². The molecule has 0 heterocycles. The Morgan fingerprint density at radius 3 is 2.50 bits per heavy atom. The predicted molar refractivity (Wildman–Crippen MR) is 61.9 cm³/mol. The van der Waals surface area contributed by atoms with Gasteiger partial charge in [-0.2, -0.15) is 0 Å². The lowest BCUT2D eigenvalue weighted by molar-refractivity contribution is -0.138. The van der Waals surface area contributed by atoms with Crippen LogP contribution in [0.4, 0.5) is 0 Å². The topological polar surface area (TPSA) is 92.4 Å². The molecule has 0 saturated heterocycles. The second-order valence-corrected chi connectivity index (χ2v) is 3.83. The van der Waals surface area contributed by atoms with Crippen molar-refractivity contribution in [2.75, 3.05) is 6.54 Å². The minimum atomic E-state index is -0.962. The molecule has 92 valence electrons. The van der Waals surface area contributed by atoms with Crippen molar-refractivity contribution in [1.29, 1.82) is 0 Å². The lowest BCUT2D eigenvalue weighted by Crippen LogP contribution is -2.29. The summed E-state index contributed by atoms with van der Waals surface area (Å²) in [5, 5.41) is 11.2. The van der Waals surface area contributed by atoms with E-state index in [1.807, 2.05) is 0 Å². The number of carbonyl (C=O) groups excluding carboxylic acids is 1. The van der Waals surface area contributed by atoms with Gasteiger partial charge in [0.15, 0.2) is 0 Å². The van der Waals surface area contributed by atoms with Gasteiger partial charge in [-0.15, -0.1) is 0 Å². The van der Waals surface area contributed by atoms with Crippen LogP contribution in [0.3, 0.4) is 0 Å². The van der Waals surface area contributed by atoms with E-state index in [0.29, 0.717) is 18.5 Å². The molecule has 0 aliphatic rings. The van der Waals surface area contributed by atoms with Crippen molar-refractivity contribution in [3.8, 4) is 0 Å². The Balaban J connectivity index is 3.38. The molecule has 16 heavy (non-hydrogen) atoms. The summed E-state index contributed by atoms with van der Waals surface area (Å²) in [6, 6.07) is -0.773. The molecule has 0 aliphatic heterocycles. The number of aliphatic carboxylic acids is 1. The van der Waals surface area contributed by atoms with Gasteiger partial charge in [0.2, 0.25) is 5.91 Å². The van der Waals surface area contributed by atoms with E-state index in [1.54, 1.807) is 6.92 Å². The Kier molecular flexibility index (Phi) is 7.20. The predicted octanol–water partition coefficient (Wildman–Crippen LogP) is 0.651. The minimum Gasteiger partial charge on any atom is -0.480 e. The van der Waals surface area contributed by atoms with E-state index < -0.39 is 12.0 Å². The third-order valence-electron chi connectivity index (χ3n) is 2.18. The third kappa shape index (κ3) is 7.00. The molecule has 1 amide bonds. The van der Waals surface area contributed by atoms with Crippen LogP contribution in [-0.2, 0) is 9.59 Å². The highest BCUT2D eigenvalue weighted by atomic mass is 16.4. The Morgan fingerprint density at radius 2 is 2.00 bits per heavy atom. The molecule has 0 aliphatic carbocycles. The summed E-state index contributed by atoms with van der Waals surface area (Å²) >= 11 is 0. The van der Waals surface area contributed by atoms with Gasteiger partial charge in [0.1, 0.15) is 6.04 Å². The molecule has 0 rings (SSSR count). The smallest absolute Gasteiger partial charge is 0.320 e. The zero-order chi connectivity index (χ0) is 12.6. The molecule has 0 aromatic heterocycles. The summed E-state index contributed by atoms with van der Waals surface area (Å²) in [6.45, 7) is 5.76. The van der Waals surface area contributed by atoms with Gasteiger partial charge in [0.05, 0.1) is 0 Å². The Labute approximate surface area is 95.7 Å². The van der Waals surface area contributed by atoms with Crippen molar-refractivity contribution in [1.82, 2.24) is 5.32 Å². The fourth-order valence-corrected chi connectivity index (χ4v) is 1.14. The van der Waals surface area contributed by atoms with Crippen molar-refractivity contribution >= 4 is 11.9 Å². The lowest BCUT2D eigenvalue weighted by Gasteiger charge is -2.06. The van der Waals surface area contributed by atoms with Gasteiger partial charge < -0.3 is 16.2 Å². The first-order valence-corrected chi connectivity index (χ1v) is 5.37. The normalized spacial score (nSPS) is 11.9. The van der Waals surface area contributed by atoms with Gasteiger partial charge in [-0.25, -0.2) is 0 Å². The van der Waals surface area contributed by atoms with Gasteiger partial charge in [0, 0.05) is 12.1 Å². The Hall–Kier alpha value is -1.36. The number of hydrogen-bond donors (Lipinski definition) is 3. The SMILES string of the molecule is C=C(C)C(=O)NCCCCCC(N)C(=O)O. The molecule has 0 spiro atoms. The summed E-state index contributed by atoms with van der Waals surface area (Å²) in [6.07, 6.45) is 2.92. The van der Waals surface area contributed by atoms with Crippen molar-refractivity contribution in [3.05, 3.63) is 12.2 Å². The largest absolute Gasteiger partial charge is 0.480 e. The van der Waals surface area contributed by atoms with Gasteiger partial charge >= 0.3 is 5.97 Å². The van der Waals surface area contributed by atoms with Crippen LogP contribution >= 0.6 is 0 Å². The summed E-state index contributed by atoms with van der Waals surface area (Å²) in [4.78, 5) is 21.5. The first-order chi connectivity index (χ1) is 7.45. The number of amides is 1. The molecule has 0 aromatic carbocycles. The Bertz CT molecular complexity index is 264. The number of nitrogens with two attached hydrogens (primary N) is 1. The van der Waals surface area contributed by atoms with Crippen LogP contribution < -0.4 is 11.1 Å². The summed E-state index contributed by atoms with van der Waals surface area (Å²) in [5.41, 5.74) is 5.83. The van der Waals surface area contributed by atoms with Crippen molar-refractivity contribution in [2.24, 2.45) is 5.73 Å². The van der Waals surface area contributed by atoms with Crippen LogP contribution in [-0.4, -0.2) is 29.6 Å². The highest BCUT2D eigenvalue weighted by Crippen LogP contribution is 2.02. The fourth-order valence-electron chi connectivity index (χ4n) is 1.14. The molecule has 0 fully saturated rings. The molecule has 1 unspecified atom stereocenters. The maximum atomic E-state index is 11.1. The van der Waals surface area contributed by atoms with E-state index in [9.17, 15) is 9.59 Å². The van der Waals surface area contributed by atoms with Crippen molar-refractivity contribution in [2.45, 2.75) is 38.6 Å². The second-order valence-electron chi connectivity index (χ2n) is 3.83. The quantitative estimate of drug-likeness (QED) is 0.420. The van der Waals surface area contributed by atoms with E-state index in [0.717, 1.165) is 19.3 Å². The number of carboxylic acids is 1. The van der Waals surface area contributed by atoms with Crippen molar-refractivity contribution in [3.63, 3.8) is 0 Å². The summed E-state index contributed by atoms with van der Waals surface area (Å²) < 4.78 is 0. The summed E-state index contributed by atoms with van der Waals surface area (Å²) in [7, 11) is 0. The second kappa shape index (κ2) is 7.87. The van der Waals surface area contributed by atoms with E-state index in [-0.39, 0.29) is 5.91 Å². The molecule has 5 heteroatoms. The molecule has 0 aromatic rings. The zero-order valence-electron chi connectivity index (χ0n) is 9.66. The maximum absolute atomic E-state index is 11.1. The van der Waals surface area contributed by atoms with Crippen LogP contribution in [0.5, 0.6) is 0 Å². The average molecular weight is 228 g/mol. The lowest BCUT2D eigenvalue weighted by atomic mass is 10.1. The molecular formula is C11H20N2O3. The van der Waals surface area contributed by atoms with E-state index in [1.165, 1.54) is 0 Å². The number of hydrogen-bond acceptors (Lipinski definition) is 3. The van der Waals surface area contributed by atoms with Crippen LogP contribution in [0.1, 0.15) is 32.6 Å². The minimum absolute atomic E-state index is 0.137. The summed E-state index contributed by atoms with van der Waals surface area (Å²) in [5.74, 6) is -1.10. The van der Waals surface area contributed by atoms with Crippen LogP contribution in [0.2, 0.25) is 0 Å². The van der Waals surface area contributed by atoms with Crippen LogP contribution in [0.25, 0.3) is 0 Å². The monoisotopic (exact) mass is 228 g/mol. The number of rotatable bonds is 8. The van der Waals surface area contributed by atoms with Gasteiger partial charge in [-0.3, -0.25) is 9.59 Å². The number of nitrogens with one attached hydrogen (secondary N) is 1. The van der Waals surface area contributed by atoms with Crippen LogP contribution in [0, 0.1) is 0 Å². The molecule has 5 nitrogen and oxygen atoms in total. The number of carbonyl (C=O) groups is 2. The average Bonchev–Trinajstić information content (AvgIpc) is 2.21. The molecule has 0 radical (unpaired) electrons. The Morgan fingerprint density at radius 1 is 1.38 bits per heavy atom. The zero-order valence-corrected chi connectivity index (χ0v) is 9.66. The maximum Gasteiger partial charge on any atom is 0.320 e. The number of carboxylic acid groups (broad SMARTS) is 1. The van der Waals surface area contributed by atoms with Gasteiger partial charge in [0.25, 0.3) is 0 Å². The van der Waals surface area contributed by atoms with E-state index in [4.69, 9.17) is 10.8 Å². The third-order valence-corrected chi connectivity index (χ3v) is 2.18. The molecule has 0 bridgehead atoms. The van der Waals surface area contributed by atoms with Gasteiger partial charge in [-0.05, 0) is 19.8 Å². The van der Waals surface area contributed by atoms with E-state index >= 15 is 0 Å². The highest BCUT2D eigenvalue weighted by Gasteiger charge is 2.09. The molecule has 1 atom stereocenters. The molecular weight excluding hydrogens is 208 g/mol.